The molecule has 1 N–H and O–H groups in total. The lowest BCUT2D eigenvalue weighted by atomic mass is 9.99. The zero-order chi connectivity index (χ0) is 20.4. The summed E-state index contributed by atoms with van der Waals surface area (Å²) in [6.07, 6.45) is -2.73. The number of ether oxygens (including phenoxy) is 2. The van der Waals surface area contributed by atoms with Crippen LogP contribution in [0.5, 0.6) is 11.5 Å². The standard InChI is InChI=1S/C21H15F3N2O3/c22-21(23,24)16-11-14(5-6-15(16)13-7-9-25-10-8-13)26-20(27)19-12-28-17-3-1-2-4-18(17)29-19/h1-11,19H,12H2,(H,26,27). The number of hydrogen-bond acceptors (Lipinski definition) is 4. The number of fused-ring (bicyclic) bond motifs is 1. The summed E-state index contributed by atoms with van der Waals surface area (Å²) in [4.78, 5) is 16.3. The number of nitrogens with one attached hydrogen (secondary N) is 1. The number of amides is 1. The van der Waals surface area contributed by atoms with Crippen molar-refractivity contribution in [3.63, 3.8) is 0 Å². The van der Waals surface area contributed by atoms with E-state index in [4.69, 9.17) is 9.47 Å². The number of halogens is 3. The lowest BCUT2D eigenvalue weighted by Gasteiger charge is -2.25. The van der Waals surface area contributed by atoms with Crippen molar-refractivity contribution in [2.24, 2.45) is 0 Å². The van der Waals surface area contributed by atoms with Crippen molar-refractivity contribution in [1.29, 1.82) is 0 Å². The van der Waals surface area contributed by atoms with E-state index >= 15 is 0 Å². The second-order valence-corrected chi connectivity index (χ2v) is 6.35. The van der Waals surface area contributed by atoms with Gasteiger partial charge >= 0.3 is 6.18 Å². The largest absolute Gasteiger partial charge is 0.485 e. The SMILES string of the molecule is O=C(Nc1ccc(-c2ccncc2)c(C(F)(F)F)c1)C1COc2ccccc2O1. The fourth-order valence-corrected chi connectivity index (χ4v) is 3.01. The summed E-state index contributed by atoms with van der Waals surface area (Å²) >= 11 is 0. The van der Waals surface area contributed by atoms with Crippen LogP contribution in [0.25, 0.3) is 11.1 Å². The van der Waals surface area contributed by atoms with Crippen LogP contribution in [0.15, 0.2) is 67.0 Å². The molecule has 1 atom stereocenters. The number of carbonyl (C=O) groups excluding carboxylic acids is 1. The van der Waals surface area contributed by atoms with Crippen molar-refractivity contribution in [2.75, 3.05) is 11.9 Å². The van der Waals surface area contributed by atoms with Crippen LogP contribution in [0.3, 0.4) is 0 Å². The van der Waals surface area contributed by atoms with Crippen molar-refractivity contribution in [3.8, 4) is 22.6 Å². The molecule has 1 aromatic heterocycles. The van der Waals surface area contributed by atoms with E-state index in [0.717, 1.165) is 6.07 Å². The Balaban J connectivity index is 1.57. The highest BCUT2D eigenvalue weighted by Gasteiger charge is 2.34. The van der Waals surface area contributed by atoms with Gasteiger partial charge < -0.3 is 14.8 Å². The van der Waals surface area contributed by atoms with Gasteiger partial charge in [0, 0.05) is 18.1 Å². The van der Waals surface area contributed by atoms with Crippen molar-refractivity contribution in [1.82, 2.24) is 4.98 Å². The molecule has 1 amide bonds. The Hall–Kier alpha value is -3.55. The average Bonchev–Trinajstić information content (AvgIpc) is 2.73. The van der Waals surface area contributed by atoms with Crippen molar-refractivity contribution in [2.45, 2.75) is 12.3 Å². The number of para-hydroxylation sites is 2. The smallest absolute Gasteiger partial charge is 0.417 e. The lowest BCUT2D eigenvalue weighted by molar-refractivity contribution is -0.137. The van der Waals surface area contributed by atoms with E-state index in [1.807, 2.05) is 0 Å². The molecule has 0 saturated heterocycles. The van der Waals surface area contributed by atoms with Crippen LogP contribution in [-0.2, 0) is 11.0 Å². The van der Waals surface area contributed by atoms with Gasteiger partial charge in [0.05, 0.1) is 5.56 Å². The normalized spacial score (nSPS) is 15.6. The molecule has 0 aliphatic carbocycles. The predicted octanol–water partition coefficient (Wildman–Crippen LogP) is 4.55. The highest BCUT2D eigenvalue weighted by Crippen LogP contribution is 2.38. The lowest BCUT2D eigenvalue weighted by Crippen LogP contribution is -2.40. The van der Waals surface area contributed by atoms with E-state index in [1.165, 1.54) is 36.7 Å². The van der Waals surface area contributed by atoms with Crippen molar-refractivity contribution in [3.05, 3.63) is 72.6 Å². The molecule has 0 spiro atoms. The fourth-order valence-electron chi connectivity index (χ4n) is 3.01. The minimum atomic E-state index is -4.59. The van der Waals surface area contributed by atoms with Crippen LogP contribution in [0.1, 0.15) is 5.56 Å². The summed E-state index contributed by atoms with van der Waals surface area (Å²) in [5.74, 6) is 0.324. The van der Waals surface area contributed by atoms with Gasteiger partial charge in [-0.3, -0.25) is 9.78 Å². The molecule has 1 aliphatic rings. The Morgan fingerprint density at radius 1 is 1.03 bits per heavy atom. The number of benzene rings is 2. The van der Waals surface area contributed by atoms with Gasteiger partial charge in [0.2, 0.25) is 6.10 Å². The second-order valence-electron chi connectivity index (χ2n) is 6.35. The first kappa shape index (κ1) is 18.8. The van der Waals surface area contributed by atoms with Crippen LogP contribution >= 0.6 is 0 Å². The van der Waals surface area contributed by atoms with E-state index in [9.17, 15) is 18.0 Å². The Labute approximate surface area is 164 Å². The highest BCUT2D eigenvalue weighted by molar-refractivity contribution is 5.95. The summed E-state index contributed by atoms with van der Waals surface area (Å²) in [6, 6.07) is 13.5. The van der Waals surface area contributed by atoms with Crippen molar-refractivity contribution < 1.29 is 27.4 Å². The number of carbonyl (C=O) groups is 1. The molecular weight excluding hydrogens is 385 g/mol. The van der Waals surface area contributed by atoms with Crippen LogP contribution < -0.4 is 14.8 Å². The van der Waals surface area contributed by atoms with E-state index in [2.05, 4.69) is 10.3 Å². The van der Waals surface area contributed by atoms with Crippen LogP contribution in [-0.4, -0.2) is 23.6 Å². The summed E-state index contributed by atoms with van der Waals surface area (Å²) < 4.78 is 51.9. The first-order chi connectivity index (χ1) is 13.9. The second kappa shape index (κ2) is 7.46. The van der Waals surface area contributed by atoms with Crippen LogP contribution in [0.2, 0.25) is 0 Å². The van der Waals surface area contributed by atoms with Gasteiger partial charge in [0.25, 0.3) is 5.91 Å². The van der Waals surface area contributed by atoms with Gasteiger partial charge in [-0.15, -0.1) is 0 Å². The molecule has 8 heteroatoms. The summed E-state index contributed by atoms with van der Waals surface area (Å²) in [5.41, 5.74) is -0.454. The third-order valence-corrected chi connectivity index (χ3v) is 4.38. The fraction of sp³-hybridized carbons (Fsp3) is 0.143. The molecule has 0 radical (unpaired) electrons. The molecule has 0 bridgehead atoms. The Bertz CT molecular complexity index is 1040. The maximum atomic E-state index is 13.6. The van der Waals surface area contributed by atoms with Crippen LogP contribution in [0, 0.1) is 0 Å². The third-order valence-electron chi connectivity index (χ3n) is 4.38. The van der Waals surface area contributed by atoms with Crippen LogP contribution in [0.4, 0.5) is 18.9 Å². The van der Waals surface area contributed by atoms with Gasteiger partial charge in [-0.25, -0.2) is 0 Å². The molecule has 0 fully saturated rings. The highest BCUT2D eigenvalue weighted by atomic mass is 19.4. The maximum Gasteiger partial charge on any atom is 0.417 e. The quantitative estimate of drug-likeness (QED) is 0.701. The zero-order valence-electron chi connectivity index (χ0n) is 14.9. The number of pyridine rings is 1. The van der Waals surface area contributed by atoms with E-state index in [-0.39, 0.29) is 17.9 Å². The molecule has 5 nitrogen and oxygen atoms in total. The maximum absolute atomic E-state index is 13.6. The number of anilines is 1. The molecule has 0 saturated carbocycles. The predicted molar refractivity (Wildman–Crippen MR) is 99.7 cm³/mol. The zero-order valence-corrected chi connectivity index (χ0v) is 14.9. The summed E-state index contributed by atoms with van der Waals surface area (Å²) in [5, 5.41) is 2.48. The van der Waals surface area contributed by atoms with Crippen molar-refractivity contribution >= 4 is 11.6 Å². The minimum Gasteiger partial charge on any atom is -0.485 e. The molecule has 2 aromatic carbocycles. The van der Waals surface area contributed by atoms with Gasteiger partial charge in [0.15, 0.2) is 11.5 Å². The molecular formula is C21H15F3N2O3. The monoisotopic (exact) mass is 400 g/mol. The molecule has 1 unspecified atom stereocenters. The van der Waals surface area contributed by atoms with E-state index in [0.29, 0.717) is 17.1 Å². The first-order valence-corrected chi connectivity index (χ1v) is 8.73. The Kier molecular flexibility index (Phi) is 4.84. The van der Waals surface area contributed by atoms with E-state index < -0.39 is 23.8 Å². The number of alkyl halides is 3. The number of aromatic nitrogens is 1. The van der Waals surface area contributed by atoms with Gasteiger partial charge in [0.1, 0.15) is 6.61 Å². The molecule has 3 aromatic rings. The topological polar surface area (TPSA) is 60.5 Å². The van der Waals surface area contributed by atoms with Gasteiger partial charge in [-0.2, -0.15) is 13.2 Å². The van der Waals surface area contributed by atoms with E-state index in [1.54, 1.807) is 24.3 Å². The average molecular weight is 400 g/mol. The minimum absolute atomic E-state index is 0.00377. The molecule has 148 valence electrons. The molecule has 29 heavy (non-hydrogen) atoms. The molecule has 4 rings (SSSR count). The number of nitrogens with zero attached hydrogens (tertiary/aromatic N) is 1. The Morgan fingerprint density at radius 3 is 2.48 bits per heavy atom. The summed E-state index contributed by atoms with van der Waals surface area (Å²) in [6.45, 7) is -0.0376. The summed E-state index contributed by atoms with van der Waals surface area (Å²) in [7, 11) is 0. The molecule has 2 heterocycles. The van der Waals surface area contributed by atoms with Gasteiger partial charge in [-0.05, 0) is 47.5 Å². The molecule has 1 aliphatic heterocycles. The number of hydrogen-bond donors (Lipinski definition) is 1. The first-order valence-electron chi connectivity index (χ1n) is 8.73. The van der Waals surface area contributed by atoms with Gasteiger partial charge in [-0.1, -0.05) is 18.2 Å². The third kappa shape index (κ3) is 4.01. The number of rotatable bonds is 3. The Morgan fingerprint density at radius 2 is 1.76 bits per heavy atom.